The quantitative estimate of drug-likeness (QED) is 0.225. The Morgan fingerprint density at radius 1 is 0.476 bits per heavy atom. The lowest BCUT2D eigenvalue weighted by atomic mass is 9.90. The lowest BCUT2D eigenvalue weighted by molar-refractivity contribution is 1.08. The molecule has 0 spiro atoms. The Morgan fingerprint density at radius 3 is 2.02 bits per heavy atom. The lowest BCUT2D eigenvalue weighted by Gasteiger charge is -2.32. The molecule has 0 radical (unpaired) electrons. The molecule has 42 heavy (non-hydrogen) atoms. The van der Waals surface area contributed by atoms with Gasteiger partial charge in [-0.3, -0.25) is 14.5 Å². The van der Waals surface area contributed by atoms with Gasteiger partial charge in [0, 0.05) is 46.5 Å². The minimum Gasteiger partial charge on any atom is -0.294 e. The van der Waals surface area contributed by atoms with E-state index in [4.69, 9.17) is 9.97 Å². The van der Waals surface area contributed by atoms with Crippen LogP contribution in [-0.4, -0.2) is 19.5 Å². The predicted octanol–water partition coefficient (Wildman–Crippen LogP) is 9.24. The van der Waals surface area contributed by atoms with Gasteiger partial charge in [0.2, 0.25) is 0 Å². The Labute approximate surface area is 242 Å². The van der Waals surface area contributed by atoms with Gasteiger partial charge in [-0.15, -0.1) is 0 Å². The summed E-state index contributed by atoms with van der Waals surface area (Å²) in [5.74, 6) is 1.78. The number of hydrogen-bond acceptors (Lipinski definition) is 4. The Morgan fingerprint density at radius 2 is 1.24 bits per heavy atom. The highest BCUT2D eigenvalue weighted by Crippen LogP contribution is 2.52. The number of fused-ring (bicyclic) bond motifs is 5. The largest absolute Gasteiger partial charge is 0.294 e. The molecule has 4 aromatic heterocycles. The third-order valence-corrected chi connectivity index (χ3v) is 8.31. The maximum Gasteiger partial charge on any atom is 0.137 e. The topological polar surface area (TPSA) is 46.8 Å². The molecule has 0 saturated carbocycles. The number of benzene rings is 4. The Kier molecular flexibility index (Phi) is 4.83. The lowest BCUT2D eigenvalue weighted by Crippen LogP contribution is -2.16. The van der Waals surface area contributed by atoms with E-state index in [1.54, 1.807) is 0 Å². The van der Waals surface area contributed by atoms with E-state index in [1.165, 1.54) is 32.7 Å². The number of rotatable bonds is 3. The maximum atomic E-state index is 4.81. The molecule has 8 aromatic rings. The molecule has 5 heterocycles. The van der Waals surface area contributed by atoms with Crippen LogP contribution in [0.4, 0.5) is 17.2 Å². The second-order valence-electron chi connectivity index (χ2n) is 10.6. The summed E-state index contributed by atoms with van der Waals surface area (Å²) in [6.45, 7) is 0. The summed E-state index contributed by atoms with van der Waals surface area (Å²) in [6, 6.07) is 40.8. The van der Waals surface area contributed by atoms with E-state index >= 15 is 0 Å². The van der Waals surface area contributed by atoms with Gasteiger partial charge in [0.05, 0.1) is 22.4 Å². The van der Waals surface area contributed by atoms with Crippen molar-refractivity contribution in [1.82, 2.24) is 19.5 Å². The SMILES string of the molecule is c1ccc(N2c3cc4c(cc3-c3cccc5cccc2c35)c2cc(-c3ccncc3)ccc2n4-c2ccccn2)nc1. The monoisotopic (exact) mass is 537 g/mol. The molecular weight excluding hydrogens is 514 g/mol. The van der Waals surface area contributed by atoms with Crippen molar-refractivity contribution in [2.45, 2.75) is 0 Å². The Bertz CT molecular complexity index is 2290. The van der Waals surface area contributed by atoms with E-state index in [1.807, 2.05) is 49.1 Å². The highest BCUT2D eigenvalue weighted by atomic mass is 15.2. The minimum absolute atomic E-state index is 0.886. The van der Waals surface area contributed by atoms with Crippen LogP contribution in [0.3, 0.4) is 0 Å². The van der Waals surface area contributed by atoms with Crippen molar-refractivity contribution in [2.75, 3.05) is 4.90 Å². The van der Waals surface area contributed by atoms with E-state index in [0.717, 1.165) is 45.2 Å². The van der Waals surface area contributed by atoms with Crippen LogP contribution < -0.4 is 4.90 Å². The first-order chi connectivity index (χ1) is 20.8. The van der Waals surface area contributed by atoms with Gasteiger partial charge in [0.1, 0.15) is 11.6 Å². The van der Waals surface area contributed by atoms with Crippen LogP contribution in [0.1, 0.15) is 0 Å². The molecule has 0 N–H and O–H groups in total. The Balaban J connectivity index is 1.43. The molecule has 9 rings (SSSR count). The van der Waals surface area contributed by atoms with Gasteiger partial charge >= 0.3 is 0 Å². The average molecular weight is 538 g/mol. The van der Waals surface area contributed by atoms with E-state index in [-0.39, 0.29) is 0 Å². The fraction of sp³-hybridized carbons (Fsp3) is 0. The molecule has 0 bridgehead atoms. The van der Waals surface area contributed by atoms with Crippen molar-refractivity contribution in [2.24, 2.45) is 0 Å². The first-order valence-corrected chi connectivity index (χ1v) is 14.0. The van der Waals surface area contributed by atoms with Gasteiger partial charge in [-0.1, -0.05) is 48.5 Å². The molecule has 5 heteroatoms. The molecule has 196 valence electrons. The van der Waals surface area contributed by atoms with Crippen LogP contribution >= 0.6 is 0 Å². The van der Waals surface area contributed by atoms with Crippen LogP contribution in [-0.2, 0) is 0 Å². The molecule has 5 nitrogen and oxygen atoms in total. The maximum absolute atomic E-state index is 4.81. The van der Waals surface area contributed by atoms with Gasteiger partial charge in [0.15, 0.2) is 0 Å². The van der Waals surface area contributed by atoms with Crippen LogP contribution in [0.5, 0.6) is 0 Å². The second kappa shape index (κ2) is 8.85. The highest BCUT2D eigenvalue weighted by molar-refractivity contribution is 6.19. The van der Waals surface area contributed by atoms with Crippen LogP contribution in [0.15, 0.2) is 140 Å². The smallest absolute Gasteiger partial charge is 0.137 e. The van der Waals surface area contributed by atoms with Crippen molar-refractivity contribution in [3.8, 4) is 28.1 Å². The summed E-state index contributed by atoms with van der Waals surface area (Å²) in [4.78, 5) is 16.1. The summed E-state index contributed by atoms with van der Waals surface area (Å²) in [5.41, 5.74) is 9.17. The molecule has 0 fully saturated rings. The van der Waals surface area contributed by atoms with Gasteiger partial charge in [-0.2, -0.15) is 0 Å². The summed E-state index contributed by atoms with van der Waals surface area (Å²) in [7, 11) is 0. The molecule has 0 amide bonds. The summed E-state index contributed by atoms with van der Waals surface area (Å²) < 4.78 is 2.28. The third kappa shape index (κ3) is 3.28. The van der Waals surface area contributed by atoms with E-state index < -0.39 is 0 Å². The van der Waals surface area contributed by atoms with Crippen molar-refractivity contribution in [3.63, 3.8) is 0 Å². The zero-order valence-electron chi connectivity index (χ0n) is 22.5. The number of aromatic nitrogens is 4. The number of pyridine rings is 3. The number of anilines is 3. The van der Waals surface area contributed by atoms with Crippen molar-refractivity contribution < 1.29 is 0 Å². The van der Waals surface area contributed by atoms with Gasteiger partial charge in [0.25, 0.3) is 0 Å². The average Bonchev–Trinajstić information content (AvgIpc) is 3.38. The fourth-order valence-corrected chi connectivity index (χ4v) is 6.51. The van der Waals surface area contributed by atoms with E-state index in [0.29, 0.717) is 0 Å². The summed E-state index contributed by atoms with van der Waals surface area (Å²) in [6.07, 6.45) is 7.41. The number of hydrogen-bond donors (Lipinski definition) is 0. The summed E-state index contributed by atoms with van der Waals surface area (Å²) in [5, 5.41) is 4.82. The second-order valence-corrected chi connectivity index (χ2v) is 10.6. The Hall–Kier alpha value is -5.81. The van der Waals surface area contributed by atoms with Crippen LogP contribution in [0.25, 0.3) is 60.6 Å². The third-order valence-electron chi connectivity index (χ3n) is 8.31. The molecule has 1 aliphatic heterocycles. The number of nitrogens with zero attached hydrogens (tertiary/aromatic N) is 5. The van der Waals surface area contributed by atoms with Crippen molar-refractivity contribution in [3.05, 3.63) is 140 Å². The molecule has 0 unspecified atom stereocenters. The zero-order valence-corrected chi connectivity index (χ0v) is 22.5. The first-order valence-electron chi connectivity index (χ1n) is 14.0. The standard InChI is InChI=1S/C37H23N5/c1-3-17-39-35(11-1)41-31-14-13-26(24-15-19-38-20-16-24)21-28(31)30-22-29-27-9-5-7-25-8-6-10-32(37(25)27)42(33(29)23-34(30)41)36-12-2-4-18-40-36/h1-23H. The van der Waals surface area contributed by atoms with Crippen LogP contribution in [0, 0.1) is 0 Å². The molecule has 1 aliphatic rings. The van der Waals surface area contributed by atoms with E-state index in [2.05, 4.69) is 105 Å². The van der Waals surface area contributed by atoms with Crippen LogP contribution in [0.2, 0.25) is 0 Å². The molecule has 4 aromatic carbocycles. The zero-order chi connectivity index (χ0) is 27.6. The normalized spacial score (nSPS) is 12.2. The van der Waals surface area contributed by atoms with E-state index in [9.17, 15) is 0 Å². The van der Waals surface area contributed by atoms with Crippen molar-refractivity contribution >= 4 is 49.8 Å². The highest BCUT2D eigenvalue weighted by Gasteiger charge is 2.28. The van der Waals surface area contributed by atoms with Crippen molar-refractivity contribution in [1.29, 1.82) is 0 Å². The van der Waals surface area contributed by atoms with Gasteiger partial charge in [-0.05, 0) is 88.8 Å². The summed E-state index contributed by atoms with van der Waals surface area (Å²) >= 11 is 0. The molecule has 0 atom stereocenters. The molecular formula is C37H23N5. The molecule has 0 saturated heterocycles. The predicted molar refractivity (Wildman–Crippen MR) is 171 cm³/mol. The van der Waals surface area contributed by atoms with Gasteiger partial charge in [-0.25, -0.2) is 9.97 Å². The molecule has 0 aliphatic carbocycles. The fourth-order valence-electron chi connectivity index (χ4n) is 6.51. The minimum atomic E-state index is 0.886. The first kappa shape index (κ1) is 22.9. The van der Waals surface area contributed by atoms with Gasteiger partial charge < -0.3 is 0 Å².